The third-order valence-electron chi connectivity index (χ3n) is 2.72. The summed E-state index contributed by atoms with van der Waals surface area (Å²) in [6.07, 6.45) is 2.69. The summed E-state index contributed by atoms with van der Waals surface area (Å²) in [6, 6.07) is 9.67. The second kappa shape index (κ2) is 11.3. The Kier molecular flexibility index (Phi) is 9.29. The van der Waals surface area contributed by atoms with Crippen LogP contribution in [0.15, 0.2) is 24.3 Å². The van der Waals surface area contributed by atoms with Crippen LogP contribution in [0.25, 0.3) is 0 Å². The third-order valence-corrected chi connectivity index (χ3v) is 2.72. The van der Waals surface area contributed by atoms with E-state index in [1.165, 1.54) is 0 Å². The molecule has 0 aliphatic rings. The molecule has 4 nitrogen and oxygen atoms in total. The van der Waals surface area contributed by atoms with Gasteiger partial charge in [-0.05, 0) is 24.1 Å². The average molecular weight is 277 g/mol. The van der Waals surface area contributed by atoms with Crippen molar-refractivity contribution in [1.82, 2.24) is 0 Å². The molecule has 0 atom stereocenters. The summed E-state index contributed by atoms with van der Waals surface area (Å²) in [4.78, 5) is 0. The summed E-state index contributed by atoms with van der Waals surface area (Å²) >= 11 is 0. The molecule has 110 valence electrons. The Morgan fingerprint density at radius 2 is 1.60 bits per heavy atom. The predicted octanol–water partition coefficient (Wildman–Crippen LogP) is 2.96. The molecule has 1 rings (SSSR count). The zero-order valence-corrected chi connectivity index (χ0v) is 12.1. The van der Waals surface area contributed by atoms with Gasteiger partial charge in [-0.2, -0.15) is 5.26 Å². The van der Waals surface area contributed by atoms with Crippen LogP contribution in [0.4, 0.5) is 0 Å². The molecule has 0 aromatic heterocycles. The molecule has 20 heavy (non-hydrogen) atoms. The lowest BCUT2D eigenvalue weighted by molar-refractivity contribution is 0.0356. The fourth-order valence-corrected chi connectivity index (χ4v) is 1.58. The fraction of sp³-hybridized carbons (Fsp3) is 0.562. The van der Waals surface area contributed by atoms with Gasteiger partial charge in [0.2, 0.25) is 0 Å². The minimum Gasteiger partial charge on any atom is -0.491 e. The number of ether oxygens (including phenoxy) is 3. The maximum absolute atomic E-state index is 8.57. The monoisotopic (exact) mass is 277 g/mol. The summed E-state index contributed by atoms with van der Waals surface area (Å²) in [7, 11) is 0. The van der Waals surface area contributed by atoms with Crippen LogP contribution in [0.1, 0.15) is 25.3 Å². The Labute approximate surface area is 121 Å². The Bertz CT molecular complexity index is 384. The van der Waals surface area contributed by atoms with E-state index in [0.29, 0.717) is 32.8 Å². The molecule has 0 spiro atoms. The van der Waals surface area contributed by atoms with E-state index in [0.717, 1.165) is 30.8 Å². The van der Waals surface area contributed by atoms with E-state index < -0.39 is 0 Å². The lowest BCUT2D eigenvalue weighted by Crippen LogP contribution is -2.11. The van der Waals surface area contributed by atoms with Gasteiger partial charge in [-0.25, -0.2) is 0 Å². The van der Waals surface area contributed by atoms with Crippen LogP contribution in [0.2, 0.25) is 0 Å². The Morgan fingerprint density at radius 1 is 0.950 bits per heavy atom. The van der Waals surface area contributed by atoms with E-state index in [1.54, 1.807) is 0 Å². The van der Waals surface area contributed by atoms with E-state index in [9.17, 15) is 0 Å². The first-order chi connectivity index (χ1) is 9.86. The second-order valence-corrected chi connectivity index (χ2v) is 4.41. The lowest BCUT2D eigenvalue weighted by atomic mass is 10.2. The quantitative estimate of drug-likeness (QED) is 0.583. The summed E-state index contributed by atoms with van der Waals surface area (Å²) in [5.41, 5.74) is 1.00. The molecule has 0 fully saturated rings. The highest BCUT2D eigenvalue weighted by atomic mass is 16.5. The van der Waals surface area contributed by atoms with Gasteiger partial charge in [-0.1, -0.05) is 25.5 Å². The molecule has 0 bridgehead atoms. The molecule has 4 heteroatoms. The Balaban J connectivity index is 1.99. The first kappa shape index (κ1) is 16.5. The third kappa shape index (κ3) is 7.78. The Morgan fingerprint density at radius 3 is 2.25 bits per heavy atom. The van der Waals surface area contributed by atoms with Crippen molar-refractivity contribution in [2.45, 2.75) is 26.2 Å². The normalized spacial score (nSPS) is 10.2. The summed E-state index contributed by atoms with van der Waals surface area (Å²) in [5, 5.41) is 8.57. The van der Waals surface area contributed by atoms with Crippen molar-refractivity contribution in [1.29, 1.82) is 5.26 Å². The fourth-order valence-electron chi connectivity index (χ4n) is 1.58. The van der Waals surface area contributed by atoms with Crippen LogP contribution in [-0.2, 0) is 15.9 Å². The van der Waals surface area contributed by atoms with Gasteiger partial charge in [-0.15, -0.1) is 0 Å². The van der Waals surface area contributed by atoms with Gasteiger partial charge in [0.25, 0.3) is 0 Å². The van der Waals surface area contributed by atoms with Crippen LogP contribution in [0, 0.1) is 11.3 Å². The van der Waals surface area contributed by atoms with E-state index >= 15 is 0 Å². The van der Waals surface area contributed by atoms with Crippen molar-refractivity contribution in [3.05, 3.63) is 29.8 Å². The zero-order chi connectivity index (χ0) is 14.5. The number of hydrogen-bond donors (Lipinski definition) is 0. The SMILES string of the molecule is CCCCOCCOCCOc1ccc(CC#N)cc1. The molecule has 0 N–H and O–H groups in total. The van der Waals surface area contributed by atoms with Gasteiger partial charge in [0.05, 0.1) is 32.3 Å². The predicted molar refractivity (Wildman–Crippen MR) is 77.8 cm³/mol. The van der Waals surface area contributed by atoms with Crippen molar-refractivity contribution in [2.24, 2.45) is 0 Å². The maximum Gasteiger partial charge on any atom is 0.119 e. The summed E-state index contributed by atoms with van der Waals surface area (Å²) < 4.78 is 16.3. The minimum absolute atomic E-state index is 0.432. The number of hydrogen-bond acceptors (Lipinski definition) is 4. The molecule has 0 radical (unpaired) electrons. The zero-order valence-electron chi connectivity index (χ0n) is 12.1. The highest BCUT2D eigenvalue weighted by Crippen LogP contribution is 2.12. The molecule has 1 aromatic carbocycles. The molecule has 0 aliphatic carbocycles. The van der Waals surface area contributed by atoms with Gasteiger partial charge < -0.3 is 14.2 Å². The smallest absolute Gasteiger partial charge is 0.119 e. The Hall–Kier alpha value is -1.57. The first-order valence-electron chi connectivity index (χ1n) is 7.11. The van der Waals surface area contributed by atoms with Crippen molar-refractivity contribution < 1.29 is 14.2 Å². The molecule has 0 heterocycles. The number of rotatable bonds is 11. The molecule has 0 amide bonds. The minimum atomic E-state index is 0.432. The summed E-state index contributed by atoms with van der Waals surface area (Å²) in [6.45, 7) is 5.27. The lowest BCUT2D eigenvalue weighted by Gasteiger charge is -2.08. The summed E-state index contributed by atoms with van der Waals surface area (Å²) in [5.74, 6) is 0.800. The van der Waals surface area contributed by atoms with Crippen LogP contribution in [0.3, 0.4) is 0 Å². The maximum atomic E-state index is 8.57. The standard InChI is InChI=1S/C16H23NO3/c1-2-3-10-18-11-12-19-13-14-20-16-6-4-15(5-7-16)8-9-17/h4-7H,2-3,8,10-14H2,1H3. The topological polar surface area (TPSA) is 51.5 Å². The van der Waals surface area contributed by atoms with Gasteiger partial charge in [0.15, 0.2) is 0 Å². The number of nitrogens with zero attached hydrogens (tertiary/aromatic N) is 1. The van der Waals surface area contributed by atoms with Gasteiger partial charge in [-0.3, -0.25) is 0 Å². The van der Waals surface area contributed by atoms with Gasteiger partial charge in [0.1, 0.15) is 12.4 Å². The largest absolute Gasteiger partial charge is 0.491 e. The van der Waals surface area contributed by atoms with E-state index in [4.69, 9.17) is 19.5 Å². The van der Waals surface area contributed by atoms with E-state index in [1.807, 2.05) is 24.3 Å². The molecule has 0 saturated heterocycles. The first-order valence-corrected chi connectivity index (χ1v) is 7.11. The van der Waals surface area contributed by atoms with Gasteiger partial charge in [0, 0.05) is 6.61 Å². The van der Waals surface area contributed by atoms with Crippen LogP contribution in [-0.4, -0.2) is 33.0 Å². The number of unbranched alkanes of at least 4 members (excludes halogenated alkanes) is 1. The average Bonchev–Trinajstić information content (AvgIpc) is 2.47. The molecule has 1 aromatic rings. The van der Waals surface area contributed by atoms with Crippen LogP contribution in [0.5, 0.6) is 5.75 Å². The van der Waals surface area contributed by atoms with Crippen LogP contribution >= 0.6 is 0 Å². The van der Waals surface area contributed by atoms with Crippen molar-refractivity contribution in [3.63, 3.8) is 0 Å². The van der Waals surface area contributed by atoms with Crippen LogP contribution < -0.4 is 4.74 Å². The van der Waals surface area contributed by atoms with Crippen molar-refractivity contribution in [2.75, 3.05) is 33.0 Å². The number of benzene rings is 1. The van der Waals surface area contributed by atoms with Crippen molar-refractivity contribution >= 4 is 0 Å². The highest BCUT2D eigenvalue weighted by Gasteiger charge is 1.96. The highest BCUT2D eigenvalue weighted by molar-refractivity contribution is 5.28. The molecule has 0 aliphatic heterocycles. The molecule has 0 unspecified atom stereocenters. The van der Waals surface area contributed by atoms with E-state index in [-0.39, 0.29) is 0 Å². The number of nitriles is 1. The molecule has 0 saturated carbocycles. The van der Waals surface area contributed by atoms with Crippen molar-refractivity contribution in [3.8, 4) is 11.8 Å². The second-order valence-electron chi connectivity index (χ2n) is 4.41. The van der Waals surface area contributed by atoms with E-state index in [2.05, 4.69) is 13.0 Å². The van der Waals surface area contributed by atoms with Gasteiger partial charge >= 0.3 is 0 Å². The molecular weight excluding hydrogens is 254 g/mol. The molecular formula is C16H23NO3.